The number of ether oxygens (including phenoxy) is 1. The molecule has 0 saturated heterocycles. The molecule has 0 N–H and O–H groups in total. The number of rotatable bonds is 2. The molecule has 70 valence electrons. The van der Waals surface area contributed by atoms with Crippen LogP contribution in [0.15, 0.2) is 18.2 Å². The van der Waals surface area contributed by atoms with Gasteiger partial charge in [-0.1, -0.05) is 24.6 Å². The lowest BCUT2D eigenvalue weighted by Crippen LogP contribution is -1.87. The van der Waals surface area contributed by atoms with E-state index in [1.165, 1.54) is 12.0 Å². The number of methoxy groups -OCH3 is 1. The minimum atomic E-state index is 0.694. The topological polar surface area (TPSA) is 9.23 Å². The van der Waals surface area contributed by atoms with E-state index in [0.717, 1.165) is 17.6 Å². The molecular weight excluding hydrogens is 184 g/mol. The average Bonchev–Trinajstić information content (AvgIpc) is 2.84. The lowest BCUT2D eigenvalue weighted by Gasteiger charge is -2.05. The van der Waals surface area contributed by atoms with Crippen molar-refractivity contribution in [1.29, 1.82) is 0 Å². The van der Waals surface area contributed by atoms with E-state index in [0.29, 0.717) is 5.02 Å². The molecule has 2 heteroatoms. The highest BCUT2D eigenvalue weighted by Gasteiger charge is 2.34. The fraction of sp³-hybridized carbons (Fsp3) is 0.455. The molecule has 0 spiro atoms. The number of halogens is 1. The minimum Gasteiger partial charge on any atom is -0.495 e. The Labute approximate surface area is 83.7 Å². The lowest BCUT2D eigenvalue weighted by molar-refractivity contribution is 0.414. The normalized spacial score (nSPS) is 25.8. The van der Waals surface area contributed by atoms with Crippen LogP contribution in [0.3, 0.4) is 0 Å². The van der Waals surface area contributed by atoms with Gasteiger partial charge in [-0.25, -0.2) is 0 Å². The molecule has 1 nitrogen and oxygen atoms in total. The molecule has 1 saturated carbocycles. The summed E-state index contributed by atoms with van der Waals surface area (Å²) in [6.07, 6.45) is 1.30. The lowest BCUT2D eigenvalue weighted by atomic mass is 10.1. The summed E-state index contributed by atoms with van der Waals surface area (Å²) in [6.45, 7) is 2.27. The minimum absolute atomic E-state index is 0.694. The van der Waals surface area contributed by atoms with Gasteiger partial charge in [0.05, 0.1) is 12.1 Å². The maximum Gasteiger partial charge on any atom is 0.137 e. The monoisotopic (exact) mass is 196 g/mol. The first kappa shape index (κ1) is 8.89. The van der Waals surface area contributed by atoms with E-state index < -0.39 is 0 Å². The summed E-state index contributed by atoms with van der Waals surface area (Å²) in [5.74, 6) is 2.34. The molecule has 2 unspecified atom stereocenters. The summed E-state index contributed by atoms with van der Waals surface area (Å²) in [5, 5.41) is 0.694. The first-order valence-electron chi connectivity index (χ1n) is 4.56. The Balaban J connectivity index is 2.28. The van der Waals surface area contributed by atoms with Crippen LogP contribution in [0.25, 0.3) is 0 Å². The summed E-state index contributed by atoms with van der Waals surface area (Å²) in [5.41, 5.74) is 1.36. The zero-order valence-corrected chi connectivity index (χ0v) is 8.64. The van der Waals surface area contributed by atoms with Gasteiger partial charge in [-0.2, -0.15) is 0 Å². The quantitative estimate of drug-likeness (QED) is 0.704. The molecule has 0 aliphatic heterocycles. The highest BCUT2D eigenvalue weighted by atomic mass is 35.5. The standard InChI is InChI=1S/C11H13ClO/c1-7-5-9(7)8-3-4-10(12)11(6-8)13-2/h3-4,6-7,9H,5H2,1-2H3. The highest BCUT2D eigenvalue weighted by Crippen LogP contribution is 2.48. The van der Waals surface area contributed by atoms with Crippen LogP contribution >= 0.6 is 11.6 Å². The van der Waals surface area contributed by atoms with Gasteiger partial charge in [-0.15, -0.1) is 0 Å². The Kier molecular flexibility index (Phi) is 2.20. The SMILES string of the molecule is COc1cc(C2CC2C)ccc1Cl. The fourth-order valence-electron chi connectivity index (χ4n) is 1.69. The molecule has 2 atom stereocenters. The molecule has 0 radical (unpaired) electrons. The van der Waals surface area contributed by atoms with Crippen molar-refractivity contribution in [3.8, 4) is 5.75 Å². The molecule has 0 amide bonds. The summed E-state index contributed by atoms with van der Waals surface area (Å²) in [7, 11) is 1.65. The van der Waals surface area contributed by atoms with Crippen molar-refractivity contribution in [2.24, 2.45) is 5.92 Å². The smallest absolute Gasteiger partial charge is 0.137 e. The Morgan fingerprint density at radius 1 is 1.46 bits per heavy atom. The maximum absolute atomic E-state index is 5.93. The van der Waals surface area contributed by atoms with Gasteiger partial charge in [-0.3, -0.25) is 0 Å². The zero-order chi connectivity index (χ0) is 9.42. The van der Waals surface area contributed by atoms with Gasteiger partial charge in [0.15, 0.2) is 0 Å². The molecular formula is C11H13ClO. The molecule has 1 aromatic rings. The summed E-state index contributed by atoms with van der Waals surface area (Å²) >= 11 is 5.93. The van der Waals surface area contributed by atoms with Crippen LogP contribution in [0.2, 0.25) is 5.02 Å². The van der Waals surface area contributed by atoms with E-state index in [2.05, 4.69) is 19.1 Å². The molecule has 0 bridgehead atoms. The van der Waals surface area contributed by atoms with Crippen LogP contribution in [-0.4, -0.2) is 7.11 Å². The van der Waals surface area contributed by atoms with Crippen LogP contribution in [0.4, 0.5) is 0 Å². The average molecular weight is 197 g/mol. The Morgan fingerprint density at radius 2 is 2.15 bits per heavy atom. The molecule has 2 rings (SSSR count). The van der Waals surface area contributed by atoms with Crippen molar-refractivity contribution in [3.63, 3.8) is 0 Å². The third kappa shape index (κ3) is 1.66. The van der Waals surface area contributed by atoms with Crippen LogP contribution in [-0.2, 0) is 0 Å². The maximum atomic E-state index is 5.93. The molecule has 1 aliphatic rings. The van der Waals surface area contributed by atoms with E-state index >= 15 is 0 Å². The van der Waals surface area contributed by atoms with Crippen molar-refractivity contribution in [2.45, 2.75) is 19.3 Å². The highest BCUT2D eigenvalue weighted by molar-refractivity contribution is 6.32. The second kappa shape index (κ2) is 3.22. The Bertz CT molecular complexity index is 322. The largest absolute Gasteiger partial charge is 0.495 e. The van der Waals surface area contributed by atoms with Gasteiger partial charge in [0.1, 0.15) is 5.75 Å². The van der Waals surface area contributed by atoms with Gasteiger partial charge >= 0.3 is 0 Å². The predicted molar refractivity (Wildman–Crippen MR) is 54.5 cm³/mol. The van der Waals surface area contributed by atoms with Crippen LogP contribution in [0.1, 0.15) is 24.8 Å². The summed E-state index contributed by atoms with van der Waals surface area (Å²) in [4.78, 5) is 0. The van der Waals surface area contributed by atoms with E-state index in [-0.39, 0.29) is 0 Å². The predicted octanol–water partition coefficient (Wildman–Crippen LogP) is 3.47. The van der Waals surface area contributed by atoms with Crippen molar-refractivity contribution in [1.82, 2.24) is 0 Å². The first-order valence-corrected chi connectivity index (χ1v) is 4.93. The molecule has 1 fully saturated rings. The second-order valence-corrected chi connectivity index (χ2v) is 4.12. The zero-order valence-electron chi connectivity index (χ0n) is 7.88. The molecule has 0 heterocycles. The van der Waals surface area contributed by atoms with Gasteiger partial charge < -0.3 is 4.74 Å². The van der Waals surface area contributed by atoms with Gasteiger partial charge in [0.25, 0.3) is 0 Å². The molecule has 13 heavy (non-hydrogen) atoms. The van der Waals surface area contributed by atoms with E-state index in [1.807, 2.05) is 6.07 Å². The van der Waals surface area contributed by atoms with Crippen LogP contribution in [0, 0.1) is 5.92 Å². The molecule has 1 aromatic carbocycles. The number of hydrogen-bond acceptors (Lipinski definition) is 1. The van der Waals surface area contributed by atoms with E-state index in [1.54, 1.807) is 7.11 Å². The van der Waals surface area contributed by atoms with E-state index in [4.69, 9.17) is 16.3 Å². The number of benzene rings is 1. The third-order valence-electron chi connectivity index (χ3n) is 2.71. The molecule has 1 aliphatic carbocycles. The Morgan fingerprint density at radius 3 is 2.69 bits per heavy atom. The summed E-state index contributed by atoms with van der Waals surface area (Å²) < 4.78 is 5.17. The van der Waals surface area contributed by atoms with Crippen LogP contribution in [0.5, 0.6) is 5.75 Å². The van der Waals surface area contributed by atoms with Crippen molar-refractivity contribution in [3.05, 3.63) is 28.8 Å². The van der Waals surface area contributed by atoms with Crippen molar-refractivity contribution in [2.75, 3.05) is 7.11 Å². The molecule has 0 aromatic heterocycles. The first-order chi connectivity index (χ1) is 6.22. The van der Waals surface area contributed by atoms with E-state index in [9.17, 15) is 0 Å². The van der Waals surface area contributed by atoms with Crippen LogP contribution < -0.4 is 4.74 Å². The van der Waals surface area contributed by atoms with Crippen molar-refractivity contribution >= 4 is 11.6 Å². The van der Waals surface area contributed by atoms with Crippen molar-refractivity contribution < 1.29 is 4.74 Å². The summed E-state index contributed by atoms with van der Waals surface area (Å²) in [6, 6.07) is 6.07. The van der Waals surface area contributed by atoms with Gasteiger partial charge in [0, 0.05) is 0 Å². The third-order valence-corrected chi connectivity index (χ3v) is 3.03. The Hall–Kier alpha value is -0.690. The second-order valence-electron chi connectivity index (χ2n) is 3.71. The van der Waals surface area contributed by atoms with Gasteiger partial charge in [-0.05, 0) is 36.0 Å². The fourth-order valence-corrected chi connectivity index (χ4v) is 1.89. The van der Waals surface area contributed by atoms with Gasteiger partial charge in [0.2, 0.25) is 0 Å². The number of hydrogen-bond donors (Lipinski definition) is 0.